The number of rotatable bonds is 6. The molecule has 0 unspecified atom stereocenters. The summed E-state index contributed by atoms with van der Waals surface area (Å²) in [6.07, 6.45) is 2.80. The maximum absolute atomic E-state index is 13.6. The Morgan fingerprint density at radius 3 is 2.71 bits per heavy atom. The molecule has 0 N–H and O–H groups in total. The van der Waals surface area contributed by atoms with Crippen molar-refractivity contribution in [2.75, 3.05) is 20.2 Å². The number of ether oxygens (including phenoxy) is 1. The third kappa shape index (κ3) is 5.65. The normalized spacial score (nSPS) is 10.8. The molecular weight excluding hydrogens is 397 g/mol. The standard InChI is InChI=1S/C18H16BrClFNO2/c1-22(10-11-24-16-6-4-15(20)5-7-16)18(23)9-2-13-12-14(19)3-8-17(13)21/h2-9,12H,10-11H2,1H3. The van der Waals surface area contributed by atoms with Crippen LogP contribution in [-0.2, 0) is 4.79 Å². The Bertz CT molecular complexity index is 734. The molecule has 2 aromatic carbocycles. The molecule has 0 aliphatic carbocycles. The maximum Gasteiger partial charge on any atom is 0.246 e. The molecule has 0 aliphatic rings. The van der Waals surface area contributed by atoms with Crippen molar-refractivity contribution in [3.05, 3.63) is 69.4 Å². The molecule has 6 heteroatoms. The van der Waals surface area contributed by atoms with Crippen molar-refractivity contribution < 1.29 is 13.9 Å². The van der Waals surface area contributed by atoms with Gasteiger partial charge in [0.05, 0.1) is 6.54 Å². The van der Waals surface area contributed by atoms with Gasteiger partial charge in [-0.3, -0.25) is 4.79 Å². The SMILES string of the molecule is CN(CCOc1ccc(Cl)cc1)C(=O)C=Cc1cc(Br)ccc1F. The van der Waals surface area contributed by atoms with Crippen LogP contribution in [0.3, 0.4) is 0 Å². The first-order valence-corrected chi connectivity index (χ1v) is 8.39. The van der Waals surface area contributed by atoms with Crippen molar-refractivity contribution >= 4 is 39.5 Å². The Morgan fingerprint density at radius 2 is 2.00 bits per heavy atom. The zero-order valence-corrected chi connectivity index (χ0v) is 15.3. The number of halogens is 3. The fraction of sp³-hybridized carbons (Fsp3) is 0.167. The molecule has 1 amide bonds. The lowest BCUT2D eigenvalue weighted by molar-refractivity contribution is -0.125. The lowest BCUT2D eigenvalue weighted by atomic mass is 10.2. The molecule has 0 spiro atoms. The van der Waals surface area contributed by atoms with Crippen LogP contribution >= 0.6 is 27.5 Å². The van der Waals surface area contributed by atoms with E-state index < -0.39 is 0 Å². The van der Waals surface area contributed by atoms with Gasteiger partial charge in [-0.1, -0.05) is 27.5 Å². The molecule has 0 aromatic heterocycles. The van der Waals surface area contributed by atoms with Gasteiger partial charge < -0.3 is 9.64 Å². The van der Waals surface area contributed by atoms with Crippen molar-refractivity contribution in [2.24, 2.45) is 0 Å². The number of hydrogen-bond donors (Lipinski definition) is 0. The number of amides is 1. The zero-order valence-electron chi connectivity index (χ0n) is 13.0. The van der Waals surface area contributed by atoms with E-state index in [4.69, 9.17) is 16.3 Å². The van der Waals surface area contributed by atoms with Crippen LogP contribution in [0.1, 0.15) is 5.56 Å². The Morgan fingerprint density at radius 1 is 1.29 bits per heavy atom. The highest BCUT2D eigenvalue weighted by Crippen LogP contribution is 2.17. The fourth-order valence-corrected chi connectivity index (χ4v) is 2.38. The number of benzene rings is 2. The van der Waals surface area contributed by atoms with E-state index in [0.717, 1.165) is 4.47 Å². The van der Waals surface area contributed by atoms with Crippen molar-refractivity contribution in [2.45, 2.75) is 0 Å². The van der Waals surface area contributed by atoms with Crippen LogP contribution in [0.2, 0.25) is 5.02 Å². The molecule has 0 saturated carbocycles. The topological polar surface area (TPSA) is 29.5 Å². The third-order valence-corrected chi connectivity index (χ3v) is 3.99. The van der Waals surface area contributed by atoms with Crippen LogP contribution in [0, 0.1) is 5.82 Å². The van der Waals surface area contributed by atoms with E-state index >= 15 is 0 Å². The summed E-state index contributed by atoms with van der Waals surface area (Å²) in [4.78, 5) is 13.5. The second-order valence-electron chi connectivity index (χ2n) is 5.06. The van der Waals surface area contributed by atoms with Crippen LogP contribution < -0.4 is 4.74 Å². The number of hydrogen-bond acceptors (Lipinski definition) is 2. The van der Waals surface area contributed by atoms with E-state index in [1.54, 1.807) is 43.4 Å². The summed E-state index contributed by atoms with van der Waals surface area (Å²) in [6, 6.07) is 11.6. The quantitative estimate of drug-likeness (QED) is 0.638. The first kappa shape index (κ1) is 18.5. The molecule has 126 valence electrons. The van der Waals surface area contributed by atoms with Crippen molar-refractivity contribution in [3.63, 3.8) is 0 Å². The molecule has 24 heavy (non-hydrogen) atoms. The summed E-state index contributed by atoms with van der Waals surface area (Å²) < 4.78 is 19.9. The molecule has 2 rings (SSSR count). The van der Waals surface area contributed by atoms with Gasteiger partial charge in [0.2, 0.25) is 5.91 Å². The van der Waals surface area contributed by atoms with Crippen LogP contribution in [0.4, 0.5) is 4.39 Å². The number of likely N-dealkylation sites (N-methyl/N-ethyl adjacent to an activating group) is 1. The van der Waals surface area contributed by atoms with Crippen LogP contribution in [0.5, 0.6) is 5.75 Å². The van der Waals surface area contributed by atoms with Gasteiger partial charge >= 0.3 is 0 Å². The van der Waals surface area contributed by atoms with E-state index in [0.29, 0.717) is 29.5 Å². The third-order valence-electron chi connectivity index (χ3n) is 3.25. The van der Waals surface area contributed by atoms with E-state index in [-0.39, 0.29) is 11.7 Å². The second kappa shape index (κ2) is 8.85. The molecule has 0 bridgehead atoms. The number of nitrogens with zero attached hydrogens (tertiary/aromatic N) is 1. The highest BCUT2D eigenvalue weighted by molar-refractivity contribution is 9.10. The van der Waals surface area contributed by atoms with Crippen molar-refractivity contribution in [1.29, 1.82) is 0 Å². The minimum Gasteiger partial charge on any atom is -0.492 e. The summed E-state index contributed by atoms with van der Waals surface area (Å²) in [6.45, 7) is 0.760. The molecule has 0 saturated heterocycles. The fourth-order valence-electron chi connectivity index (χ4n) is 1.87. The molecule has 0 aliphatic heterocycles. The Labute approximate surface area is 153 Å². The summed E-state index contributed by atoms with van der Waals surface area (Å²) in [7, 11) is 1.66. The highest BCUT2D eigenvalue weighted by Gasteiger charge is 2.06. The Balaban J connectivity index is 1.84. The lowest BCUT2D eigenvalue weighted by Crippen LogP contribution is -2.29. The first-order chi connectivity index (χ1) is 11.5. The molecule has 0 fully saturated rings. The monoisotopic (exact) mass is 411 g/mol. The average molecular weight is 413 g/mol. The molecule has 0 heterocycles. The van der Waals surface area contributed by atoms with Gasteiger partial charge in [0.15, 0.2) is 0 Å². The molecule has 2 aromatic rings. The second-order valence-corrected chi connectivity index (χ2v) is 6.41. The summed E-state index contributed by atoms with van der Waals surface area (Å²) in [5.41, 5.74) is 0.350. The van der Waals surface area contributed by atoms with Crippen molar-refractivity contribution in [1.82, 2.24) is 4.90 Å². The highest BCUT2D eigenvalue weighted by atomic mass is 79.9. The average Bonchev–Trinajstić information content (AvgIpc) is 2.57. The van der Waals surface area contributed by atoms with Gasteiger partial charge in [0.25, 0.3) is 0 Å². The van der Waals surface area contributed by atoms with Crippen molar-refractivity contribution in [3.8, 4) is 5.75 Å². The number of carbonyl (C=O) groups excluding carboxylic acids is 1. The van der Waals surface area contributed by atoms with Crippen LogP contribution in [0.15, 0.2) is 53.0 Å². The summed E-state index contributed by atoms with van der Waals surface area (Å²) in [5.74, 6) is 0.0806. The van der Waals surface area contributed by atoms with E-state index in [2.05, 4.69) is 15.9 Å². The molecule has 0 atom stereocenters. The molecule has 0 radical (unpaired) electrons. The van der Waals surface area contributed by atoms with Crippen LogP contribution in [-0.4, -0.2) is 31.0 Å². The van der Waals surface area contributed by atoms with Gasteiger partial charge in [-0.2, -0.15) is 0 Å². The van der Waals surface area contributed by atoms with Gasteiger partial charge in [-0.25, -0.2) is 4.39 Å². The minimum absolute atomic E-state index is 0.228. The minimum atomic E-state index is -0.379. The van der Waals surface area contributed by atoms with Gasteiger partial charge in [-0.15, -0.1) is 0 Å². The summed E-state index contributed by atoms with van der Waals surface area (Å²) >= 11 is 9.07. The van der Waals surface area contributed by atoms with Gasteiger partial charge in [0.1, 0.15) is 18.2 Å². The Kier molecular flexibility index (Phi) is 6.82. The first-order valence-electron chi connectivity index (χ1n) is 7.22. The predicted octanol–water partition coefficient (Wildman–Crippen LogP) is 4.79. The summed E-state index contributed by atoms with van der Waals surface area (Å²) in [5, 5.41) is 0.638. The van der Waals surface area contributed by atoms with Gasteiger partial charge in [-0.05, 0) is 48.5 Å². The lowest BCUT2D eigenvalue weighted by Gasteiger charge is -2.15. The van der Waals surface area contributed by atoms with E-state index in [1.165, 1.54) is 23.1 Å². The van der Waals surface area contributed by atoms with E-state index in [1.807, 2.05) is 0 Å². The van der Waals surface area contributed by atoms with Gasteiger partial charge in [0, 0.05) is 28.2 Å². The molecule has 3 nitrogen and oxygen atoms in total. The largest absolute Gasteiger partial charge is 0.492 e. The van der Waals surface area contributed by atoms with E-state index in [9.17, 15) is 9.18 Å². The van der Waals surface area contributed by atoms with Crippen LogP contribution in [0.25, 0.3) is 6.08 Å². The number of carbonyl (C=O) groups is 1. The maximum atomic E-state index is 13.6. The Hall–Kier alpha value is -1.85. The molecular formula is C18H16BrClFNO2. The predicted molar refractivity (Wildman–Crippen MR) is 97.7 cm³/mol. The zero-order chi connectivity index (χ0) is 17.5. The smallest absolute Gasteiger partial charge is 0.246 e.